The number of nitrogens with two attached hydrogens (primary N) is 1. The minimum atomic E-state index is -4.40. The molecule has 0 heterocycles. The van der Waals surface area contributed by atoms with E-state index in [9.17, 15) is 24.5 Å². The van der Waals surface area contributed by atoms with Gasteiger partial charge in [-0.2, -0.15) is 0 Å². The molecule has 0 aromatic carbocycles. The number of hydrogen-bond acceptors (Lipinski definition) is 7. The SMILES string of the molecule is CCCCCC/C=C\CC(O)CC(=O)NC(COP(=O)(O)OCCN)C(O)/C=C/CC/C=C/CCCCCCCCCCCCCCC. The number of phosphoric ester groups is 1. The van der Waals surface area contributed by atoms with Crippen LogP contribution in [0, 0.1) is 0 Å². The van der Waals surface area contributed by atoms with Gasteiger partial charge in [-0.3, -0.25) is 13.8 Å². The Morgan fingerprint density at radius 1 is 0.708 bits per heavy atom. The molecule has 4 unspecified atom stereocenters. The van der Waals surface area contributed by atoms with Crippen LogP contribution in [-0.2, 0) is 18.4 Å². The van der Waals surface area contributed by atoms with Crippen molar-refractivity contribution < 1.29 is 33.5 Å². The Labute approximate surface area is 293 Å². The van der Waals surface area contributed by atoms with Crippen molar-refractivity contribution in [1.82, 2.24) is 5.32 Å². The number of aliphatic hydroxyl groups is 2. The summed E-state index contributed by atoms with van der Waals surface area (Å²) >= 11 is 0. The molecular weight excluding hydrogens is 627 g/mol. The minimum absolute atomic E-state index is 0.0400. The highest BCUT2D eigenvalue weighted by atomic mass is 31.2. The van der Waals surface area contributed by atoms with Crippen molar-refractivity contribution in [3.8, 4) is 0 Å². The standard InChI is InChI=1S/C38H73N2O7P/c1-3-5-7-9-11-12-13-14-15-16-17-18-19-20-21-22-24-26-28-30-37(42)36(34-47-48(44,45)46-32-31-39)40-38(43)33-35(41)29-27-25-23-10-8-6-4-2/h21-22,25,27-28,30,35-37,41-42H,3-20,23-24,26,29,31-34,39H2,1-2H3,(H,40,43)(H,44,45)/b22-21+,27-25-,30-28+. The van der Waals surface area contributed by atoms with Crippen LogP contribution in [0.1, 0.15) is 162 Å². The average Bonchev–Trinajstić information content (AvgIpc) is 3.06. The first kappa shape index (κ1) is 46.7. The van der Waals surface area contributed by atoms with E-state index in [0.29, 0.717) is 12.8 Å². The molecule has 0 radical (unpaired) electrons. The van der Waals surface area contributed by atoms with E-state index in [4.69, 9.17) is 14.8 Å². The maximum Gasteiger partial charge on any atom is 0.472 e. The van der Waals surface area contributed by atoms with Crippen molar-refractivity contribution in [3.05, 3.63) is 36.5 Å². The molecule has 4 atom stereocenters. The van der Waals surface area contributed by atoms with Gasteiger partial charge in [0.1, 0.15) is 0 Å². The van der Waals surface area contributed by atoms with Crippen LogP contribution >= 0.6 is 7.82 Å². The monoisotopic (exact) mass is 701 g/mol. The van der Waals surface area contributed by atoms with Crippen LogP contribution in [0.25, 0.3) is 0 Å². The van der Waals surface area contributed by atoms with Gasteiger partial charge >= 0.3 is 7.82 Å². The summed E-state index contributed by atoms with van der Waals surface area (Å²) in [5, 5.41) is 23.7. The number of allylic oxidation sites excluding steroid dienone is 4. The third kappa shape index (κ3) is 31.9. The van der Waals surface area contributed by atoms with Crippen LogP contribution < -0.4 is 11.1 Å². The number of carbonyl (C=O) groups is 1. The van der Waals surface area contributed by atoms with Crippen LogP contribution in [-0.4, -0.2) is 59.0 Å². The Bertz CT molecular complexity index is 868. The van der Waals surface area contributed by atoms with Crippen LogP contribution in [0.3, 0.4) is 0 Å². The van der Waals surface area contributed by atoms with Crippen LogP contribution in [0.5, 0.6) is 0 Å². The van der Waals surface area contributed by atoms with Gasteiger partial charge in [0.25, 0.3) is 0 Å². The average molecular weight is 701 g/mol. The molecule has 0 saturated heterocycles. The number of nitrogens with one attached hydrogen (secondary N) is 1. The van der Waals surface area contributed by atoms with E-state index < -0.39 is 38.6 Å². The summed E-state index contributed by atoms with van der Waals surface area (Å²) < 4.78 is 21.9. The summed E-state index contributed by atoms with van der Waals surface area (Å²) in [4.78, 5) is 22.5. The highest BCUT2D eigenvalue weighted by Crippen LogP contribution is 2.43. The van der Waals surface area contributed by atoms with Gasteiger partial charge < -0.3 is 26.2 Å². The molecule has 0 aliphatic heterocycles. The molecule has 6 N–H and O–H groups in total. The summed E-state index contributed by atoms with van der Waals surface area (Å²) in [5.74, 6) is -0.494. The smallest absolute Gasteiger partial charge is 0.392 e. The number of hydrogen-bond donors (Lipinski definition) is 5. The molecule has 10 heteroatoms. The maximum atomic E-state index is 12.6. The molecular formula is C38H73N2O7P. The molecule has 0 bridgehead atoms. The van der Waals surface area contributed by atoms with E-state index in [1.165, 1.54) is 103 Å². The van der Waals surface area contributed by atoms with Crippen molar-refractivity contribution in [2.24, 2.45) is 5.73 Å². The lowest BCUT2D eigenvalue weighted by atomic mass is 10.0. The van der Waals surface area contributed by atoms with E-state index >= 15 is 0 Å². The van der Waals surface area contributed by atoms with Gasteiger partial charge in [-0.1, -0.05) is 147 Å². The second-order valence-electron chi connectivity index (χ2n) is 13.0. The third-order valence-electron chi connectivity index (χ3n) is 8.24. The lowest BCUT2D eigenvalue weighted by molar-refractivity contribution is -0.124. The van der Waals surface area contributed by atoms with E-state index in [1.807, 2.05) is 18.2 Å². The summed E-state index contributed by atoms with van der Waals surface area (Å²) in [5.41, 5.74) is 5.33. The summed E-state index contributed by atoms with van der Waals surface area (Å²) in [6.07, 6.45) is 35.6. The predicted molar refractivity (Wildman–Crippen MR) is 200 cm³/mol. The number of carbonyl (C=O) groups excluding carboxylic acids is 1. The first-order valence-corrected chi connectivity index (χ1v) is 20.7. The van der Waals surface area contributed by atoms with E-state index in [0.717, 1.165) is 25.7 Å². The Morgan fingerprint density at radius 2 is 1.19 bits per heavy atom. The fraction of sp³-hybridized carbons (Fsp3) is 0.816. The van der Waals surface area contributed by atoms with Crippen molar-refractivity contribution in [1.29, 1.82) is 0 Å². The zero-order chi connectivity index (χ0) is 35.6. The van der Waals surface area contributed by atoms with E-state index in [1.54, 1.807) is 6.08 Å². The fourth-order valence-electron chi connectivity index (χ4n) is 5.31. The minimum Gasteiger partial charge on any atom is -0.392 e. The quantitative estimate of drug-likeness (QED) is 0.0250. The molecule has 0 rings (SSSR count). The molecule has 1 amide bonds. The number of rotatable bonds is 35. The van der Waals surface area contributed by atoms with Crippen LogP contribution in [0.4, 0.5) is 0 Å². The highest BCUT2D eigenvalue weighted by Gasteiger charge is 2.27. The molecule has 0 saturated carbocycles. The number of aliphatic hydroxyl groups excluding tert-OH is 2. The fourth-order valence-corrected chi connectivity index (χ4v) is 6.07. The second-order valence-corrected chi connectivity index (χ2v) is 14.4. The third-order valence-corrected chi connectivity index (χ3v) is 9.23. The van der Waals surface area contributed by atoms with Crippen molar-refractivity contribution >= 4 is 13.7 Å². The maximum absolute atomic E-state index is 12.6. The van der Waals surface area contributed by atoms with Gasteiger partial charge in [0, 0.05) is 6.54 Å². The van der Waals surface area contributed by atoms with E-state index in [2.05, 4.69) is 31.3 Å². The molecule has 0 spiro atoms. The van der Waals surface area contributed by atoms with Gasteiger partial charge in [0.15, 0.2) is 0 Å². The van der Waals surface area contributed by atoms with Crippen molar-refractivity contribution in [3.63, 3.8) is 0 Å². The van der Waals surface area contributed by atoms with Gasteiger partial charge in [0.2, 0.25) is 5.91 Å². The molecule has 0 fully saturated rings. The highest BCUT2D eigenvalue weighted by molar-refractivity contribution is 7.47. The molecule has 282 valence electrons. The molecule has 48 heavy (non-hydrogen) atoms. The zero-order valence-electron chi connectivity index (χ0n) is 30.6. The molecule has 0 aliphatic carbocycles. The molecule has 0 aromatic rings. The predicted octanol–water partition coefficient (Wildman–Crippen LogP) is 8.97. The second kappa shape index (κ2) is 34.1. The van der Waals surface area contributed by atoms with E-state index in [-0.39, 0.29) is 19.6 Å². The number of unbranched alkanes of at least 4 members (excludes halogenated alkanes) is 18. The largest absolute Gasteiger partial charge is 0.472 e. The van der Waals surface area contributed by atoms with Crippen LogP contribution in [0.2, 0.25) is 0 Å². The number of amides is 1. The van der Waals surface area contributed by atoms with Gasteiger partial charge in [-0.15, -0.1) is 0 Å². The first-order valence-electron chi connectivity index (χ1n) is 19.2. The molecule has 0 aromatic heterocycles. The summed E-state index contributed by atoms with van der Waals surface area (Å²) in [7, 11) is -4.40. The zero-order valence-corrected chi connectivity index (χ0v) is 31.5. The van der Waals surface area contributed by atoms with Gasteiger partial charge in [0.05, 0.1) is 37.9 Å². The van der Waals surface area contributed by atoms with Crippen molar-refractivity contribution in [2.75, 3.05) is 19.8 Å². The Balaban J connectivity index is 4.43. The summed E-state index contributed by atoms with van der Waals surface area (Å²) in [6.45, 7) is 3.85. The Morgan fingerprint density at radius 3 is 1.75 bits per heavy atom. The van der Waals surface area contributed by atoms with Gasteiger partial charge in [-0.05, 0) is 44.9 Å². The Kier molecular flexibility index (Phi) is 33.2. The molecule has 9 nitrogen and oxygen atoms in total. The first-order chi connectivity index (χ1) is 23.3. The number of phosphoric acid groups is 1. The van der Waals surface area contributed by atoms with Crippen molar-refractivity contribution in [2.45, 2.75) is 180 Å². The topological polar surface area (TPSA) is 151 Å². The normalized spacial score (nSPS) is 15.4. The summed E-state index contributed by atoms with van der Waals surface area (Å²) in [6, 6.07) is -1.01. The Hall–Kier alpha value is -1.32. The lowest BCUT2D eigenvalue weighted by Crippen LogP contribution is -2.46. The van der Waals surface area contributed by atoms with Gasteiger partial charge in [-0.25, -0.2) is 4.57 Å². The molecule has 0 aliphatic rings. The lowest BCUT2D eigenvalue weighted by Gasteiger charge is -2.23. The van der Waals surface area contributed by atoms with Crippen LogP contribution in [0.15, 0.2) is 36.5 Å².